The molecule has 282 valence electrons. The van der Waals surface area contributed by atoms with Crippen molar-refractivity contribution in [2.75, 3.05) is 32.1 Å². The Balaban J connectivity index is 1.55. The molecule has 0 aromatic carbocycles. The second-order valence-corrected chi connectivity index (χ2v) is 18.5. The maximum absolute atomic E-state index is 14.6. The van der Waals surface area contributed by atoms with E-state index in [9.17, 15) is 27.6 Å². The van der Waals surface area contributed by atoms with Crippen LogP contribution in [0.4, 0.5) is 0 Å². The van der Waals surface area contributed by atoms with E-state index in [1.165, 1.54) is 12.5 Å². The lowest BCUT2D eigenvalue weighted by Gasteiger charge is -2.42. The van der Waals surface area contributed by atoms with Crippen LogP contribution in [0, 0.1) is 28.6 Å². The molecule has 0 radical (unpaired) electrons. The van der Waals surface area contributed by atoms with E-state index in [2.05, 4.69) is 27.3 Å². The molecule has 3 saturated carbocycles. The van der Waals surface area contributed by atoms with Gasteiger partial charge in [-0.25, -0.2) is 13.1 Å². The summed E-state index contributed by atoms with van der Waals surface area (Å²) in [7, 11) is -3.73. The number of carbonyl (C=O) groups excluding carboxylic acids is 4. The monoisotopic (exact) mass is 719 g/mol. The van der Waals surface area contributed by atoms with Gasteiger partial charge in [0.25, 0.3) is 0 Å². The molecule has 4 aliphatic rings. The number of nitrogens with one attached hydrogen (secondary N) is 4. The first kappa shape index (κ1) is 40.0. The van der Waals surface area contributed by atoms with Gasteiger partial charge in [-0.1, -0.05) is 77.0 Å². The van der Waals surface area contributed by atoms with Crippen molar-refractivity contribution in [2.24, 2.45) is 28.6 Å². The molecule has 13 heteroatoms. The summed E-state index contributed by atoms with van der Waals surface area (Å²) in [5.41, 5.74) is 0.993. The highest BCUT2D eigenvalue weighted by atomic mass is 32.2. The summed E-state index contributed by atoms with van der Waals surface area (Å²) in [6.45, 7) is 17.5. The van der Waals surface area contributed by atoms with Crippen molar-refractivity contribution in [3.63, 3.8) is 0 Å². The summed E-state index contributed by atoms with van der Waals surface area (Å²) in [6.07, 6.45) is 8.67. The minimum Gasteiger partial charge on any atom is -0.370 e. The zero-order valence-electron chi connectivity index (χ0n) is 31.2. The Morgan fingerprint density at radius 2 is 1.74 bits per heavy atom. The fourth-order valence-corrected chi connectivity index (χ4v) is 8.82. The molecule has 0 bridgehead atoms. The Hall–Kier alpha value is -2.77. The molecule has 6 atom stereocenters. The van der Waals surface area contributed by atoms with Gasteiger partial charge in [-0.15, -0.1) is 6.58 Å². The first-order valence-electron chi connectivity index (χ1n) is 18.5. The fraction of sp³-hybridized carbons (Fsp3) is 0.784. The molecule has 0 aromatic heterocycles. The second-order valence-electron chi connectivity index (χ2n) is 16.5. The van der Waals surface area contributed by atoms with Crippen molar-refractivity contribution >= 4 is 33.7 Å². The summed E-state index contributed by atoms with van der Waals surface area (Å²) in [6, 6.07) is -3.12. The number of hydrogen-bond donors (Lipinski definition) is 4. The van der Waals surface area contributed by atoms with Crippen LogP contribution in [0.1, 0.15) is 99.8 Å². The molecule has 3 aliphatic carbocycles. The highest BCUT2D eigenvalue weighted by molar-refractivity contribution is 7.89. The zero-order valence-corrected chi connectivity index (χ0v) is 32.0. The Kier molecular flexibility index (Phi) is 13.0. The van der Waals surface area contributed by atoms with Crippen LogP contribution in [0.25, 0.3) is 0 Å². The minimum atomic E-state index is -3.73. The number of rotatable bonds is 17. The average Bonchev–Trinajstić information content (AvgIpc) is 3.96. The molecule has 4 fully saturated rings. The lowest BCUT2D eigenvalue weighted by atomic mass is 9.70. The quantitative estimate of drug-likeness (QED) is 0.168. The lowest BCUT2D eigenvalue weighted by Crippen LogP contribution is -2.63. The topological polar surface area (TPSA) is 163 Å². The molecule has 12 nitrogen and oxygen atoms in total. The van der Waals surface area contributed by atoms with Gasteiger partial charge in [0.1, 0.15) is 24.7 Å². The number of amides is 4. The summed E-state index contributed by atoms with van der Waals surface area (Å²) < 4.78 is 34.0. The first-order valence-corrected chi connectivity index (χ1v) is 20.1. The van der Waals surface area contributed by atoms with E-state index >= 15 is 0 Å². The maximum Gasteiger partial charge on any atom is 0.246 e. The van der Waals surface area contributed by atoms with E-state index in [0.29, 0.717) is 31.8 Å². The predicted octanol–water partition coefficient (Wildman–Crippen LogP) is 3.19. The normalized spacial score (nSPS) is 24.7. The molecule has 1 heterocycles. The Morgan fingerprint density at radius 1 is 1.08 bits per heavy atom. The van der Waals surface area contributed by atoms with Crippen molar-refractivity contribution in [2.45, 2.75) is 124 Å². The van der Waals surface area contributed by atoms with Crippen LogP contribution < -0.4 is 20.7 Å². The smallest absolute Gasteiger partial charge is 0.246 e. The minimum absolute atomic E-state index is 0.0629. The number of fused-ring (bicyclic) bond motifs is 1. The molecule has 0 spiro atoms. The van der Waals surface area contributed by atoms with Gasteiger partial charge in [0.2, 0.25) is 33.7 Å². The Labute approximate surface area is 299 Å². The number of hydrogen-bond acceptors (Lipinski definition) is 7. The van der Waals surface area contributed by atoms with Gasteiger partial charge in [0, 0.05) is 24.9 Å². The number of ether oxygens (including phenoxy) is 1. The third-order valence-corrected chi connectivity index (χ3v) is 12.3. The van der Waals surface area contributed by atoms with Crippen LogP contribution in [0.3, 0.4) is 0 Å². The number of allylic oxidation sites excluding steroid dienone is 1. The SMILES string of the molecule is C=CCNC(=O)COCC(CC1CC1)NC(=O)[C@@H]1[C@H]2C(=C(C)C)C2CN1C(=O)[C@@H](NC(=O)[C@@H](NS(=O)(=O)CC)C1(C)CCCCC1)C(C)(C)C. The van der Waals surface area contributed by atoms with Crippen molar-refractivity contribution < 1.29 is 32.3 Å². The van der Waals surface area contributed by atoms with Gasteiger partial charge in [0.15, 0.2) is 0 Å². The highest BCUT2D eigenvalue weighted by Gasteiger charge is 2.62. The first-order chi connectivity index (χ1) is 23.4. The lowest BCUT2D eigenvalue weighted by molar-refractivity contribution is -0.145. The van der Waals surface area contributed by atoms with Crippen LogP contribution in [0.5, 0.6) is 0 Å². The molecule has 50 heavy (non-hydrogen) atoms. The standard InChI is InChI=1S/C37H61N5O7S/c1-9-18-38-27(43)22-49-21-25(19-24-14-15-24)39-33(44)30-29-26(28(29)23(3)4)20-42(30)35(46)32(36(5,6)7)40-34(45)31(41-50(47,48)10-2)37(8)16-12-11-13-17-37/h9,24-26,29-32,41H,1,10-22H2,2-8H3,(H,38,43)(H,39,44)(H,40,45)/t25?,26?,29-,30+,31-,32-/m1/s1. The van der Waals surface area contributed by atoms with E-state index in [1.807, 2.05) is 41.5 Å². The van der Waals surface area contributed by atoms with Crippen LogP contribution in [0.15, 0.2) is 23.8 Å². The van der Waals surface area contributed by atoms with Gasteiger partial charge in [-0.3, -0.25) is 19.2 Å². The average molecular weight is 720 g/mol. The number of piperidine rings is 1. The summed E-state index contributed by atoms with van der Waals surface area (Å²) >= 11 is 0. The van der Waals surface area contributed by atoms with Gasteiger partial charge in [-0.2, -0.15) is 0 Å². The molecular formula is C37H61N5O7S. The Morgan fingerprint density at radius 3 is 2.30 bits per heavy atom. The van der Waals surface area contributed by atoms with Crippen LogP contribution in [0.2, 0.25) is 0 Å². The summed E-state index contributed by atoms with van der Waals surface area (Å²) in [4.78, 5) is 56.7. The maximum atomic E-state index is 14.6. The van der Waals surface area contributed by atoms with E-state index < -0.39 is 44.9 Å². The number of carbonyl (C=O) groups is 4. The molecular weight excluding hydrogens is 659 g/mol. The zero-order chi connectivity index (χ0) is 37.0. The third-order valence-electron chi connectivity index (χ3n) is 11.0. The molecule has 2 unspecified atom stereocenters. The molecule has 4 rings (SSSR count). The number of nitrogens with zero attached hydrogens (tertiary/aromatic N) is 1. The number of likely N-dealkylation sites (tertiary alicyclic amines) is 1. The van der Waals surface area contributed by atoms with Crippen LogP contribution in [-0.4, -0.2) is 93.2 Å². The van der Waals surface area contributed by atoms with Crippen molar-refractivity contribution in [3.05, 3.63) is 23.8 Å². The predicted molar refractivity (Wildman–Crippen MR) is 193 cm³/mol. The van der Waals surface area contributed by atoms with Gasteiger partial charge < -0.3 is 25.6 Å². The third kappa shape index (κ3) is 9.97. The second kappa shape index (κ2) is 16.3. The van der Waals surface area contributed by atoms with Gasteiger partial charge >= 0.3 is 0 Å². The van der Waals surface area contributed by atoms with E-state index in [0.717, 1.165) is 44.1 Å². The molecule has 1 saturated heterocycles. The van der Waals surface area contributed by atoms with Crippen molar-refractivity contribution in [1.82, 2.24) is 25.6 Å². The van der Waals surface area contributed by atoms with Crippen LogP contribution in [-0.2, 0) is 33.9 Å². The van der Waals surface area contributed by atoms with Crippen molar-refractivity contribution in [3.8, 4) is 0 Å². The van der Waals surface area contributed by atoms with Gasteiger partial charge in [-0.05, 0) is 56.8 Å². The molecule has 0 aromatic rings. The number of sulfonamides is 1. The summed E-state index contributed by atoms with van der Waals surface area (Å²) in [5.74, 6) is -1.14. The van der Waals surface area contributed by atoms with E-state index in [1.54, 1.807) is 11.0 Å². The molecule has 4 amide bonds. The largest absolute Gasteiger partial charge is 0.370 e. The Bertz CT molecular complexity index is 1420. The van der Waals surface area contributed by atoms with Crippen LogP contribution >= 0.6 is 0 Å². The van der Waals surface area contributed by atoms with Gasteiger partial charge in [0.05, 0.1) is 18.4 Å². The fourth-order valence-electron chi connectivity index (χ4n) is 7.90. The summed E-state index contributed by atoms with van der Waals surface area (Å²) in [5, 5.41) is 8.85. The highest BCUT2D eigenvalue weighted by Crippen LogP contribution is 2.56. The molecule has 1 aliphatic heterocycles. The molecule has 4 N–H and O–H groups in total. The van der Waals surface area contributed by atoms with Crippen molar-refractivity contribution in [1.29, 1.82) is 0 Å². The van der Waals surface area contributed by atoms with E-state index in [-0.39, 0.29) is 54.6 Å². The van der Waals surface area contributed by atoms with E-state index in [4.69, 9.17) is 4.74 Å².